The van der Waals surface area contributed by atoms with Crippen LogP contribution in [0.15, 0.2) is 12.5 Å². The Morgan fingerprint density at radius 1 is 1.25 bits per heavy atom. The number of amides is 2. The van der Waals surface area contributed by atoms with Crippen molar-refractivity contribution in [1.29, 1.82) is 0 Å². The number of aromatic nitrogens is 4. The number of rotatable bonds is 6. The summed E-state index contributed by atoms with van der Waals surface area (Å²) in [6, 6.07) is -0.236. The summed E-state index contributed by atoms with van der Waals surface area (Å²) < 4.78 is 6.98. The molecule has 2 amide bonds. The molecule has 170 valence electrons. The molecule has 0 spiro atoms. The van der Waals surface area contributed by atoms with Gasteiger partial charge < -0.3 is 19.5 Å². The molecular formula is C22H28N6O4. The number of hydrogen-bond donors (Lipinski definition) is 1. The van der Waals surface area contributed by atoms with Gasteiger partial charge in [-0.25, -0.2) is 14.5 Å². The molecule has 2 aliphatic heterocycles. The highest BCUT2D eigenvalue weighted by molar-refractivity contribution is 5.93. The van der Waals surface area contributed by atoms with Gasteiger partial charge in [-0.1, -0.05) is 0 Å². The molecule has 4 heterocycles. The molecule has 1 saturated carbocycles. The van der Waals surface area contributed by atoms with E-state index in [4.69, 9.17) is 4.74 Å². The number of likely N-dealkylation sites (tertiary alicyclic amines) is 1. The molecule has 1 N–H and O–H groups in total. The van der Waals surface area contributed by atoms with E-state index in [1.165, 1.54) is 6.33 Å². The van der Waals surface area contributed by atoms with Gasteiger partial charge in [0, 0.05) is 30.9 Å². The standard InChI is InChI=1S/C22H28N6O4/c1-3-32-22(31)20-13(2)23-10-14(20)4-5-19(29)28-16-8-15(16)9-17(28)21(30)26-6-7-27-18(11-26)24-12-25-27/h10,12,15-17,23H,3-9,11H2,1-2H3/t15-,16-,17+/m1/s1. The van der Waals surface area contributed by atoms with Gasteiger partial charge >= 0.3 is 5.97 Å². The van der Waals surface area contributed by atoms with Crippen LogP contribution in [-0.2, 0) is 33.8 Å². The number of H-pyrrole nitrogens is 1. The third-order valence-corrected chi connectivity index (χ3v) is 6.85. The monoisotopic (exact) mass is 440 g/mol. The van der Waals surface area contributed by atoms with Crippen molar-refractivity contribution in [2.75, 3.05) is 13.2 Å². The Hall–Kier alpha value is -3.17. The number of esters is 1. The first kappa shape index (κ1) is 20.7. The third-order valence-electron chi connectivity index (χ3n) is 6.85. The lowest BCUT2D eigenvalue weighted by atomic mass is 10.0. The molecule has 0 radical (unpaired) electrons. The Morgan fingerprint density at radius 3 is 2.91 bits per heavy atom. The average molecular weight is 441 g/mol. The molecule has 0 aromatic carbocycles. The number of piperidine rings is 1. The summed E-state index contributed by atoms with van der Waals surface area (Å²) in [6.45, 7) is 5.52. The van der Waals surface area contributed by atoms with Gasteiger partial charge in [-0.3, -0.25) is 9.59 Å². The zero-order valence-electron chi connectivity index (χ0n) is 18.4. The van der Waals surface area contributed by atoms with E-state index in [9.17, 15) is 14.4 Å². The number of nitrogens with zero attached hydrogens (tertiary/aromatic N) is 5. The van der Waals surface area contributed by atoms with E-state index in [-0.39, 0.29) is 30.2 Å². The van der Waals surface area contributed by atoms with Crippen LogP contribution in [-0.4, -0.2) is 72.6 Å². The number of carbonyl (C=O) groups excluding carboxylic acids is 3. The summed E-state index contributed by atoms with van der Waals surface area (Å²) in [6.07, 6.45) is 5.67. The number of fused-ring (bicyclic) bond motifs is 2. The van der Waals surface area contributed by atoms with Crippen LogP contribution in [0.4, 0.5) is 0 Å². The van der Waals surface area contributed by atoms with Gasteiger partial charge in [0.25, 0.3) is 0 Å². The summed E-state index contributed by atoms with van der Waals surface area (Å²) in [7, 11) is 0. The number of ether oxygens (including phenoxy) is 1. The number of aromatic amines is 1. The van der Waals surface area contributed by atoms with Crippen molar-refractivity contribution >= 4 is 17.8 Å². The van der Waals surface area contributed by atoms with E-state index >= 15 is 0 Å². The molecule has 10 nitrogen and oxygen atoms in total. The summed E-state index contributed by atoms with van der Waals surface area (Å²) in [4.78, 5) is 49.7. The van der Waals surface area contributed by atoms with Gasteiger partial charge in [-0.2, -0.15) is 5.10 Å². The fraction of sp³-hybridized carbons (Fsp3) is 0.591. The summed E-state index contributed by atoms with van der Waals surface area (Å²) in [5.74, 6) is 0.806. The first-order chi connectivity index (χ1) is 15.5. The Balaban J connectivity index is 1.26. The SMILES string of the molecule is CCOC(=O)c1c(CCC(=O)N2[C@@H]3C[C@@H]3C[C@H]2C(=O)N2CCn3ncnc3C2)c[nH]c1C. The van der Waals surface area contributed by atoms with Crippen molar-refractivity contribution in [3.05, 3.63) is 35.2 Å². The predicted octanol–water partition coefficient (Wildman–Crippen LogP) is 1.06. The lowest BCUT2D eigenvalue weighted by molar-refractivity contribution is -0.146. The van der Waals surface area contributed by atoms with Gasteiger partial charge in [0.15, 0.2) is 0 Å². The highest BCUT2D eigenvalue weighted by atomic mass is 16.5. The third kappa shape index (κ3) is 3.57. The molecule has 1 saturated heterocycles. The van der Waals surface area contributed by atoms with Gasteiger partial charge in [0.2, 0.25) is 11.8 Å². The Labute approximate surface area is 185 Å². The van der Waals surface area contributed by atoms with E-state index in [0.717, 1.165) is 29.9 Å². The van der Waals surface area contributed by atoms with Crippen LogP contribution in [0, 0.1) is 12.8 Å². The molecule has 2 aromatic rings. The van der Waals surface area contributed by atoms with E-state index in [1.54, 1.807) is 18.0 Å². The Kier molecular flexibility index (Phi) is 5.22. The summed E-state index contributed by atoms with van der Waals surface area (Å²) >= 11 is 0. The number of hydrogen-bond acceptors (Lipinski definition) is 6. The summed E-state index contributed by atoms with van der Waals surface area (Å²) in [5, 5.41) is 4.16. The smallest absolute Gasteiger partial charge is 0.340 e. The highest BCUT2D eigenvalue weighted by Gasteiger charge is 2.56. The molecule has 3 aliphatic rings. The first-order valence-electron chi connectivity index (χ1n) is 11.3. The van der Waals surface area contributed by atoms with E-state index in [0.29, 0.717) is 44.1 Å². The molecular weight excluding hydrogens is 412 g/mol. The van der Waals surface area contributed by atoms with Crippen molar-refractivity contribution in [3.8, 4) is 0 Å². The lowest BCUT2D eigenvalue weighted by Gasteiger charge is -2.33. The second-order valence-electron chi connectivity index (χ2n) is 8.81. The average Bonchev–Trinajstić information content (AvgIpc) is 3.12. The minimum absolute atomic E-state index is 0.00417. The second-order valence-corrected chi connectivity index (χ2v) is 8.81. The minimum atomic E-state index is -0.404. The lowest BCUT2D eigenvalue weighted by Crippen LogP contribution is -2.51. The van der Waals surface area contributed by atoms with Crippen LogP contribution in [0.3, 0.4) is 0 Å². The largest absolute Gasteiger partial charge is 0.462 e. The molecule has 3 atom stereocenters. The van der Waals surface area contributed by atoms with Crippen molar-refractivity contribution in [2.45, 2.75) is 64.7 Å². The second kappa shape index (κ2) is 8.07. The van der Waals surface area contributed by atoms with Gasteiger partial charge in [0.05, 0.1) is 25.3 Å². The van der Waals surface area contributed by atoms with Crippen LogP contribution >= 0.6 is 0 Å². The van der Waals surface area contributed by atoms with Gasteiger partial charge in [0.1, 0.15) is 18.2 Å². The quantitative estimate of drug-likeness (QED) is 0.672. The predicted molar refractivity (Wildman–Crippen MR) is 112 cm³/mol. The summed E-state index contributed by atoms with van der Waals surface area (Å²) in [5.41, 5.74) is 2.02. The fourth-order valence-electron chi connectivity index (χ4n) is 5.13. The normalized spacial score (nSPS) is 23.6. The molecule has 1 aliphatic carbocycles. The fourth-order valence-corrected chi connectivity index (χ4v) is 5.13. The zero-order valence-corrected chi connectivity index (χ0v) is 18.4. The Bertz CT molecular complexity index is 1060. The number of carbonyl (C=O) groups is 3. The molecule has 32 heavy (non-hydrogen) atoms. The maximum Gasteiger partial charge on any atom is 0.340 e. The molecule has 10 heteroatoms. The Morgan fingerprint density at radius 2 is 2.09 bits per heavy atom. The molecule has 0 bridgehead atoms. The molecule has 2 aromatic heterocycles. The highest BCUT2D eigenvalue weighted by Crippen LogP contribution is 2.48. The van der Waals surface area contributed by atoms with Crippen LogP contribution in [0.2, 0.25) is 0 Å². The van der Waals surface area contributed by atoms with Crippen molar-refractivity contribution in [2.24, 2.45) is 5.92 Å². The van der Waals surface area contributed by atoms with Gasteiger partial charge in [-0.15, -0.1) is 0 Å². The van der Waals surface area contributed by atoms with Gasteiger partial charge in [-0.05, 0) is 44.6 Å². The van der Waals surface area contributed by atoms with Crippen LogP contribution in [0.5, 0.6) is 0 Å². The molecule has 0 unspecified atom stereocenters. The van der Waals surface area contributed by atoms with Crippen molar-refractivity contribution in [1.82, 2.24) is 29.5 Å². The van der Waals surface area contributed by atoms with Crippen molar-refractivity contribution < 1.29 is 19.1 Å². The number of aryl methyl sites for hydroxylation is 2. The van der Waals surface area contributed by atoms with Crippen LogP contribution in [0.1, 0.15) is 53.6 Å². The molecule has 5 rings (SSSR count). The molecule has 2 fully saturated rings. The van der Waals surface area contributed by atoms with E-state index in [1.807, 2.05) is 16.5 Å². The van der Waals surface area contributed by atoms with Crippen molar-refractivity contribution in [3.63, 3.8) is 0 Å². The van der Waals surface area contributed by atoms with E-state index < -0.39 is 6.04 Å². The van der Waals surface area contributed by atoms with Crippen LogP contribution < -0.4 is 0 Å². The zero-order chi connectivity index (χ0) is 22.4. The van der Waals surface area contributed by atoms with E-state index in [2.05, 4.69) is 15.1 Å². The first-order valence-corrected chi connectivity index (χ1v) is 11.3. The maximum atomic E-state index is 13.3. The number of nitrogens with one attached hydrogen (secondary N) is 1. The topological polar surface area (TPSA) is 113 Å². The maximum absolute atomic E-state index is 13.3. The van der Waals surface area contributed by atoms with Crippen LogP contribution in [0.25, 0.3) is 0 Å². The minimum Gasteiger partial charge on any atom is -0.462 e.